The van der Waals surface area contributed by atoms with Gasteiger partial charge in [-0.25, -0.2) is 0 Å². The summed E-state index contributed by atoms with van der Waals surface area (Å²) in [6.45, 7) is 5.94. The van der Waals surface area contributed by atoms with Gasteiger partial charge in [0.1, 0.15) is 11.8 Å². The Labute approximate surface area is 155 Å². The Balaban J connectivity index is 2.00. The van der Waals surface area contributed by atoms with Gasteiger partial charge in [-0.05, 0) is 47.5 Å². The van der Waals surface area contributed by atoms with Crippen molar-refractivity contribution in [1.29, 1.82) is 0 Å². The van der Waals surface area contributed by atoms with Gasteiger partial charge < -0.3 is 19.1 Å². The van der Waals surface area contributed by atoms with E-state index < -0.39 is 0 Å². The van der Waals surface area contributed by atoms with Gasteiger partial charge in [0, 0.05) is 18.4 Å². The van der Waals surface area contributed by atoms with Crippen molar-refractivity contribution in [3.05, 3.63) is 65.7 Å². The summed E-state index contributed by atoms with van der Waals surface area (Å²) in [5.41, 5.74) is 3.81. The predicted molar refractivity (Wildman–Crippen MR) is 104 cm³/mol. The van der Waals surface area contributed by atoms with Crippen LogP contribution in [0.3, 0.4) is 0 Å². The maximum Gasteiger partial charge on any atom is 0.160 e. The lowest BCUT2D eigenvalue weighted by molar-refractivity contribution is -0.936. The minimum Gasteiger partial charge on any atom is -0.504 e. The summed E-state index contributed by atoms with van der Waals surface area (Å²) in [4.78, 5) is 0. The molecule has 138 valence electrons. The van der Waals surface area contributed by atoms with E-state index in [1.165, 1.54) is 11.1 Å². The molecule has 0 aliphatic carbocycles. The van der Waals surface area contributed by atoms with E-state index in [1.54, 1.807) is 14.2 Å². The van der Waals surface area contributed by atoms with Crippen LogP contribution in [0.4, 0.5) is 0 Å². The Morgan fingerprint density at radius 1 is 1.19 bits per heavy atom. The van der Waals surface area contributed by atoms with E-state index >= 15 is 0 Å². The standard InChI is InChI=1S/C22H27NO3/c1-5-11-23(2)12-10-17-15-18(25-3)7-8-19(17)20(23)13-16-6-9-22(26-4)21(24)14-16/h5-9,14-15,20H,1,10-13H2,2-4H3/p+1/t20-,23-/m1/s1. The van der Waals surface area contributed by atoms with Crippen molar-refractivity contribution >= 4 is 0 Å². The molecule has 0 spiro atoms. The number of likely N-dealkylation sites (N-methyl/N-ethyl adjacent to an activating group) is 1. The fraction of sp³-hybridized carbons (Fsp3) is 0.364. The highest BCUT2D eigenvalue weighted by molar-refractivity contribution is 5.43. The summed E-state index contributed by atoms with van der Waals surface area (Å²) < 4.78 is 11.5. The third-order valence-electron chi connectivity index (χ3n) is 5.57. The van der Waals surface area contributed by atoms with Crippen LogP contribution in [0, 0.1) is 0 Å². The average Bonchev–Trinajstić information content (AvgIpc) is 2.64. The van der Waals surface area contributed by atoms with Crippen LogP contribution in [-0.4, -0.2) is 43.9 Å². The molecule has 2 aromatic carbocycles. The van der Waals surface area contributed by atoms with Gasteiger partial charge in [0.05, 0.1) is 34.4 Å². The van der Waals surface area contributed by atoms with E-state index in [0.29, 0.717) is 11.8 Å². The Morgan fingerprint density at radius 2 is 2.00 bits per heavy atom. The SMILES string of the molecule is C=CC[N@+]1(C)CCc2cc(OC)ccc2[C@H]1Cc1ccc(OC)c(O)c1. The fourth-order valence-corrected chi connectivity index (χ4v) is 4.05. The number of quaternary nitrogens is 1. The molecule has 1 heterocycles. The molecule has 3 rings (SSSR count). The number of ether oxygens (including phenoxy) is 2. The van der Waals surface area contributed by atoms with Crippen LogP contribution in [0.25, 0.3) is 0 Å². The monoisotopic (exact) mass is 354 g/mol. The van der Waals surface area contributed by atoms with Gasteiger partial charge in [-0.3, -0.25) is 0 Å². The molecule has 26 heavy (non-hydrogen) atoms. The Kier molecular flexibility index (Phi) is 5.23. The van der Waals surface area contributed by atoms with Crippen molar-refractivity contribution in [3.8, 4) is 17.2 Å². The molecule has 2 aromatic rings. The van der Waals surface area contributed by atoms with Gasteiger partial charge in [0.15, 0.2) is 11.5 Å². The van der Waals surface area contributed by atoms with E-state index in [2.05, 4.69) is 25.8 Å². The molecule has 0 fully saturated rings. The summed E-state index contributed by atoms with van der Waals surface area (Å²) in [5.74, 6) is 1.60. The number of hydrogen-bond acceptors (Lipinski definition) is 3. The molecule has 1 N–H and O–H groups in total. The van der Waals surface area contributed by atoms with E-state index in [1.807, 2.05) is 30.3 Å². The molecule has 4 nitrogen and oxygen atoms in total. The van der Waals surface area contributed by atoms with Crippen molar-refractivity contribution in [2.24, 2.45) is 0 Å². The summed E-state index contributed by atoms with van der Waals surface area (Å²) in [6.07, 6.45) is 3.88. The third kappa shape index (κ3) is 3.42. The molecule has 4 heteroatoms. The van der Waals surface area contributed by atoms with Crippen LogP contribution in [-0.2, 0) is 12.8 Å². The molecule has 1 aliphatic rings. The van der Waals surface area contributed by atoms with Crippen LogP contribution in [0.2, 0.25) is 0 Å². The third-order valence-corrected chi connectivity index (χ3v) is 5.57. The van der Waals surface area contributed by atoms with Gasteiger partial charge in [0.2, 0.25) is 0 Å². The number of rotatable bonds is 6. The lowest BCUT2D eigenvalue weighted by Crippen LogP contribution is -2.52. The molecule has 0 unspecified atom stereocenters. The topological polar surface area (TPSA) is 38.7 Å². The molecule has 0 radical (unpaired) electrons. The van der Waals surface area contributed by atoms with Crippen molar-refractivity contribution in [3.63, 3.8) is 0 Å². The Hall–Kier alpha value is -2.46. The van der Waals surface area contributed by atoms with Gasteiger partial charge in [-0.1, -0.05) is 12.6 Å². The van der Waals surface area contributed by atoms with Crippen LogP contribution in [0.1, 0.15) is 22.7 Å². The predicted octanol–water partition coefficient (Wildman–Crippen LogP) is 3.88. The number of fused-ring (bicyclic) bond motifs is 1. The number of aromatic hydroxyl groups is 1. The minimum absolute atomic E-state index is 0.189. The molecule has 0 saturated carbocycles. The Morgan fingerprint density at radius 3 is 2.65 bits per heavy atom. The smallest absolute Gasteiger partial charge is 0.160 e. The fourth-order valence-electron chi connectivity index (χ4n) is 4.05. The first-order valence-electron chi connectivity index (χ1n) is 8.98. The second kappa shape index (κ2) is 7.42. The molecule has 0 bridgehead atoms. The highest BCUT2D eigenvalue weighted by atomic mass is 16.5. The minimum atomic E-state index is 0.189. The summed E-state index contributed by atoms with van der Waals surface area (Å²) >= 11 is 0. The first-order chi connectivity index (χ1) is 12.5. The zero-order valence-electron chi connectivity index (χ0n) is 15.9. The second-order valence-electron chi connectivity index (χ2n) is 7.22. The van der Waals surface area contributed by atoms with E-state index in [0.717, 1.165) is 41.7 Å². The van der Waals surface area contributed by atoms with Crippen molar-refractivity contribution < 1.29 is 19.1 Å². The number of hydrogen-bond donors (Lipinski definition) is 1. The van der Waals surface area contributed by atoms with Gasteiger partial charge >= 0.3 is 0 Å². The number of phenols is 1. The van der Waals surface area contributed by atoms with Gasteiger partial charge in [-0.2, -0.15) is 0 Å². The largest absolute Gasteiger partial charge is 0.504 e. The van der Waals surface area contributed by atoms with Crippen LogP contribution in [0.5, 0.6) is 17.2 Å². The number of methoxy groups -OCH3 is 2. The number of nitrogens with zero attached hydrogens (tertiary/aromatic N) is 1. The van der Waals surface area contributed by atoms with Crippen molar-refractivity contribution in [2.45, 2.75) is 18.9 Å². The molecular formula is C22H28NO3+. The number of benzene rings is 2. The molecule has 2 atom stereocenters. The summed E-state index contributed by atoms with van der Waals surface area (Å²) in [7, 11) is 5.57. The first-order valence-corrected chi connectivity index (χ1v) is 8.98. The zero-order chi connectivity index (χ0) is 18.7. The molecule has 1 aliphatic heterocycles. The van der Waals surface area contributed by atoms with Crippen LogP contribution < -0.4 is 9.47 Å². The highest BCUT2D eigenvalue weighted by Crippen LogP contribution is 2.39. The van der Waals surface area contributed by atoms with E-state index in [4.69, 9.17) is 9.47 Å². The summed E-state index contributed by atoms with van der Waals surface area (Å²) in [5, 5.41) is 10.2. The maximum atomic E-state index is 10.2. The molecule has 0 saturated heterocycles. The highest BCUT2D eigenvalue weighted by Gasteiger charge is 2.38. The first kappa shape index (κ1) is 18.3. The quantitative estimate of drug-likeness (QED) is 0.632. The van der Waals surface area contributed by atoms with Crippen LogP contribution in [0.15, 0.2) is 49.1 Å². The summed E-state index contributed by atoms with van der Waals surface area (Å²) in [6, 6.07) is 12.4. The van der Waals surface area contributed by atoms with Crippen LogP contribution >= 0.6 is 0 Å². The van der Waals surface area contributed by atoms with E-state index in [-0.39, 0.29) is 5.75 Å². The lowest BCUT2D eigenvalue weighted by Gasteiger charge is -2.45. The van der Waals surface area contributed by atoms with Gasteiger partial charge in [-0.15, -0.1) is 0 Å². The second-order valence-corrected chi connectivity index (χ2v) is 7.22. The Bertz CT molecular complexity index is 802. The molecule has 0 aromatic heterocycles. The lowest BCUT2D eigenvalue weighted by atomic mass is 9.86. The maximum absolute atomic E-state index is 10.2. The average molecular weight is 354 g/mol. The molecule has 0 amide bonds. The normalized spacial score (nSPS) is 21.7. The van der Waals surface area contributed by atoms with Crippen molar-refractivity contribution in [2.75, 3.05) is 34.4 Å². The zero-order valence-corrected chi connectivity index (χ0v) is 15.9. The number of phenolic OH excluding ortho intramolecular Hbond substituents is 1. The van der Waals surface area contributed by atoms with Gasteiger partial charge in [0.25, 0.3) is 0 Å². The van der Waals surface area contributed by atoms with E-state index in [9.17, 15) is 5.11 Å². The van der Waals surface area contributed by atoms with Crippen molar-refractivity contribution in [1.82, 2.24) is 0 Å². The molecular weight excluding hydrogens is 326 g/mol.